The highest BCUT2D eigenvalue weighted by Crippen LogP contribution is 2.20. The highest BCUT2D eigenvalue weighted by atomic mass is 127. The second-order valence-electron chi connectivity index (χ2n) is 2.91. The molecule has 1 aromatic carbocycles. The molecule has 0 atom stereocenters. The van der Waals surface area contributed by atoms with E-state index in [0.29, 0.717) is 0 Å². The third-order valence-electron chi connectivity index (χ3n) is 2.12. The second kappa shape index (κ2) is 4.44. The minimum absolute atomic E-state index is 0. The molecule has 0 radical (unpaired) electrons. The molecule has 0 amide bonds. The normalized spacial score (nSPS) is 16.4. The molecule has 1 fully saturated rings. The van der Waals surface area contributed by atoms with E-state index in [0.717, 1.165) is 19.0 Å². The highest BCUT2D eigenvalue weighted by molar-refractivity contribution is 14.1. The van der Waals surface area contributed by atoms with Crippen molar-refractivity contribution in [3.63, 3.8) is 0 Å². The van der Waals surface area contributed by atoms with Gasteiger partial charge >= 0.3 is 0 Å². The molecule has 0 saturated carbocycles. The summed E-state index contributed by atoms with van der Waals surface area (Å²) < 4.78 is 1.32. The third kappa shape index (κ3) is 2.12. The summed E-state index contributed by atoms with van der Waals surface area (Å²) in [6, 6.07) is 8.81. The fourth-order valence-electron chi connectivity index (χ4n) is 1.26. The molecule has 1 saturated heterocycles. The zero-order valence-electron chi connectivity index (χ0n) is 6.59. The van der Waals surface area contributed by atoms with E-state index in [9.17, 15) is 0 Å². The third-order valence-corrected chi connectivity index (χ3v) is 2.84. The van der Waals surface area contributed by atoms with Gasteiger partial charge < -0.3 is 5.32 Å². The minimum atomic E-state index is 0. The zero-order chi connectivity index (χ0) is 7.68. The van der Waals surface area contributed by atoms with Gasteiger partial charge in [0.1, 0.15) is 0 Å². The summed E-state index contributed by atoms with van der Waals surface area (Å²) in [5, 5.41) is 3.27. The lowest BCUT2D eigenvalue weighted by molar-refractivity contribution is 0.448. The lowest BCUT2D eigenvalue weighted by atomic mass is 9.94. The molecule has 12 heavy (non-hydrogen) atoms. The first kappa shape index (κ1) is 10.3. The molecule has 1 aliphatic rings. The van der Waals surface area contributed by atoms with Crippen molar-refractivity contribution < 1.29 is 0 Å². The minimum Gasteiger partial charge on any atom is -0.315 e. The van der Waals surface area contributed by atoms with Crippen LogP contribution in [0.4, 0.5) is 0 Å². The molecule has 0 aromatic heterocycles. The monoisotopic (exact) mass is 295 g/mol. The average molecular weight is 296 g/mol. The maximum absolute atomic E-state index is 3.27. The molecule has 1 heterocycles. The van der Waals surface area contributed by atoms with Crippen LogP contribution in [-0.4, -0.2) is 13.1 Å². The van der Waals surface area contributed by atoms with Crippen LogP contribution >= 0.6 is 35.0 Å². The molecule has 1 aromatic rings. The van der Waals surface area contributed by atoms with Crippen LogP contribution in [0.1, 0.15) is 11.5 Å². The Bertz CT molecular complexity index is 243. The van der Waals surface area contributed by atoms with E-state index in [4.69, 9.17) is 0 Å². The molecule has 66 valence electrons. The van der Waals surface area contributed by atoms with Crippen LogP contribution in [0.5, 0.6) is 0 Å². The molecular formula is C9H11ClIN. The average Bonchev–Trinajstić information content (AvgIpc) is 1.90. The summed E-state index contributed by atoms with van der Waals surface area (Å²) >= 11 is 2.33. The Hall–Kier alpha value is 0.200. The largest absolute Gasteiger partial charge is 0.315 e. The zero-order valence-corrected chi connectivity index (χ0v) is 9.56. The van der Waals surface area contributed by atoms with Crippen molar-refractivity contribution in [3.05, 3.63) is 33.4 Å². The summed E-state index contributed by atoms with van der Waals surface area (Å²) in [4.78, 5) is 0. The van der Waals surface area contributed by atoms with Crippen LogP contribution in [0.25, 0.3) is 0 Å². The van der Waals surface area contributed by atoms with E-state index in [2.05, 4.69) is 52.2 Å². The van der Waals surface area contributed by atoms with Gasteiger partial charge in [-0.2, -0.15) is 0 Å². The first-order chi connectivity index (χ1) is 5.36. The first-order valence-electron chi connectivity index (χ1n) is 3.82. The number of hydrogen-bond acceptors (Lipinski definition) is 1. The molecule has 0 spiro atoms. The van der Waals surface area contributed by atoms with Crippen molar-refractivity contribution in [2.45, 2.75) is 5.92 Å². The van der Waals surface area contributed by atoms with Crippen molar-refractivity contribution in [1.82, 2.24) is 5.32 Å². The van der Waals surface area contributed by atoms with E-state index in [1.165, 1.54) is 9.13 Å². The molecule has 1 aliphatic heterocycles. The number of halogens is 2. The molecule has 1 nitrogen and oxygen atoms in total. The first-order valence-corrected chi connectivity index (χ1v) is 4.90. The number of rotatable bonds is 1. The predicted octanol–water partition coefficient (Wildman–Crippen LogP) is 2.40. The van der Waals surface area contributed by atoms with Gasteiger partial charge in [0, 0.05) is 22.6 Å². The quantitative estimate of drug-likeness (QED) is 0.785. The van der Waals surface area contributed by atoms with Gasteiger partial charge in [-0.05, 0) is 40.3 Å². The van der Waals surface area contributed by atoms with Crippen LogP contribution in [-0.2, 0) is 0 Å². The van der Waals surface area contributed by atoms with E-state index in [-0.39, 0.29) is 12.4 Å². The Labute approximate surface area is 92.5 Å². The van der Waals surface area contributed by atoms with Crippen LogP contribution in [0, 0.1) is 3.57 Å². The number of benzene rings is 1. The Morgan fingerprint density at radius 3 is 2.17 bits per heavy atom. The van der Waals surface area contributed by atoms with E-state index < -0.39 is 0 Å². The summed E-state index contributed by atoms with van der Waals surface area (Å²) in [6.07, 6.45) is 0. The molecular weight excluding hydrogens is 284 g/mol. The van der Waals surface area contributed by atoms with Gasteiger partial charge in [0.05, 0.1) is 0 Å². The smallest absolute Gasteiger partial charge is 0.0130 e. The standard InChI is InChI=1S/C9H10IN.ClH/c10-9-3-1-7(2-4-9)8-5-11-6-8;/h1-4,8,11H,5-6H2;1H. The fourth-order valence-corrected chi connectivity index (χ4v) is 1.62. The maximum atomic E-state index is 3.27. The van der Waals surface area contributed by atoms with Gasteiger partial charge in [0.15, 0.2) is 0 Å². The predicted molar refractivity (Wildman–Crippen MR) is 62.0 cm³/mol. The van der Waals surface area contributed by atoms with Gasteiger partial charge in [-0.3, -0.25) is 0 Å². The SMILES string of the molecule is Cl.Ic1ccc(C2CNC2)cc1. The van der Waals surface area contributed by atoms with Crippen molar-refractivity contribution in [2.24, 2.45) is 0 Å². The Morgan fingerprint density at radius 1 is 1.17 bits per heavy atom. The molecule has 0 unspecified atom stereocenters. The molecule has 0 bridgehead atoms. The van der Waals surface area contributed by atoms with Gasteiger partial charge in [-0.1, -0.05) is 12.1 Å². The summed E-state index contributed by atoms with van der Waals surface area (Å²) in [5.74, 6) is 0.770. The number of hydrogen-bond donors (Lipinski definition) is 1. The molecule has 2 rings (SSSR count). The maximum Gasteiger partial charge on any atom is 0.0130 e. The molecule has 1 N–H and O–H groups in total. The van der Waals surface area contributed by atoms with Crippen LogP contribution in [0.3, 0.4) is 0 Å². The van der Waals surface area contributed by atoms with Crippen molar-refractivity contribution >= 4 is 35.0 Å². The van der Waals surface area contributed by atoms with Gasteiger partial charge in [-0.25, -0.2) is 0 Å². The van der Waals surface area contributed by atoms with Crippen LogP contribution < -0.4 is 5.32 Å². The Morgan fingerprint density at radius 2 is 1.75 bits per heavy atom. The Balaban J connectivity index is 0.000000720. The Kier molecular flexibility index (Phi) is 3.80. The second-order valence-corrected chi connectivity index (χ2v) is 4.15. The summed E-state index contributed by atoms with van der Waals surface area (Å²) in [5.41, 5.74) is 1.48. The van der Waals surface area contributed by atoms with Crippen molar-refractivity contribution in [2.75, 3.05) is 13.1 Å². The van der Waals surface area contributed by atoms with Gasteiger partial charge in [0.25, 0.3) is 0 Å². The fraction of sp³-hybridized carbons (Fsp3) is 0.333. The number of nitrogens with one attached hydrogen (secondary N) is 1. The van der Waals surface area contributed by atoms with E-state index >= 15 is 0 Å². The molecule has 0 aliphatic carbocycles. The molecule has 3 heteroatoms. The van der Waals surface area contributed by atoms with Crippen LogP contribution in [0.2, 0.25) is 0 Å². The van der Waals surface area contributed by atoms with Crippen molar-refractivity contribution in [3.8, 4) is 0 Å². The lowest BCUT2D eigenvalue weighted by Gasteiger charge is -2.27. The van der Waals surface area contributed by atoms with E-state index in [1.54, 1.807) is 0 Å². The van der Waals surface area contributed by atoms with Crippen molar-refractivity contribution in [1.29, 1.82) is 0 Å². The lowest BCUT2D eigenvalue weighted by Crippen LogP contribution is -2.39. The van der Waals surface area contributed by atoms with Crippen LogP contribution in [0.15, 0.2) is 24.3 Å². The van der Waals surface area contributed by atoms with Gasteiger partial charge in [-0.15, -0.1) is 12.4 Å². The van der Waals surface area contributed by atoms with E-state index in [1.807, 2.05) is 0 Å². The van der Waals surface area contributed by atoms with Gasteiger partial charge in [0.2, 0.25) is 0 Å². The highest BCUT2D eigenvalue weighted by Gasteiger charge is 2.17. The topological polar surface area (TPSA) is 12.0 Å². The summed E-state index contributed by atoms with van der Waals surface area (Å²) in [7, 11) is 0. The summed E-state index contributed by atoms with van der Waals surface area (Å²) in [6.45, 7) is 2.31.